The van der Waals surface area contributed by atoms with E-state index in [1.807, 2.05) is 25.1 Å². The highest BCUT2D eigenvalue weighted by Crippen LogP contribution is 2.50. The summed E-state index contributed by atoms with van der Waals surface area (Å²) in [5.74, 6) is -1.50. The van der Waals surface area contributed by atoms with Crippen LogP contribution in [0.2, 0.25) is 0 Å². The fraction of sp³-hybridized carbons (Fsp3) is 0.588. The second-order valence-electron chi connectivity index (χ2n) is 6.14. The van der Waals surface area contributed by atoms with E-state index in [1.54, 1.807) is 4.90 Å². The summed E-state index contributed by atoms with van der Waals surface area (Å²) in [7, 11) is 0. The van der Waals surface area contributed by atoms with Crippen molar-refractivity contribution in [3.05, 3.63) is 11.6 Å². The van der Waals surface area contributed by atoms with E-state index in [9.17, 15) is 20.6 Å². The van der Waals surface area contributed by atoms with E-state index >= 15 is 0 Å². The van der Waals surface area contributed by atoms with E-state index in [4.69, 9.17) is 5.41 Å². The molecule has 1 heterocycles. The topological polar surface area (TPSA) is 116 Å². The highest BCUT2D eigenvalue weighted by atomic mass is 16.2. The zero-order chi connectivity index (χ0) is 17.2. The van der Waals surface area contributed by atoms with Crippen LogP contribution in [-0.4, -0.2) is 29.6 Å². The molecular formula is C17H19N5O. The summed E-state index contributed by atoms with van der Waals surface area (Å²) in [6.45, 7) is 4.27. The molecule has 6 heteroatoms. The molecule has 0 aromatic carbocycles. The van der Waals surface area contributed by atoms with Crippen molar-refractivity contribution in [2.24, 2.45) is 23.2 Å². The van der Waals surface area contributed by atoms with Gasteiger partial charge in [0.15, 0.2) is 5.41 Å². The average molecular weight is 309 g/mol. The van der Waals surface area contributed by atoms with Crippen LogP contribution in [0, 0.1) is 62.6 Å². The van der Waals surface area contributed by atoms with Crippen LogP contribution in [0.3, 0.4) is 0 Å². The number of nitrogens with one attached hydrogen (secondary N) is 1. The summed E-state index contributed by atoms with van der Waals surface area (Å²) in [5.41, 5.74) is -0.894. The largest absolute Gasteiger partial charge is 0.339 e. The van der Waals surface area contributed by atoms with Crippen molar-refractivity contribution in [3.8, 4) is 18.2 Å². The van der Waals surface area contributed by atoms with Gasteiger partial charge in [-0.25, -0.2) is 0 Å². The maximum Gasteiger partial charge on any atom is 0.219 e. The van der Waals surface area contributed by atoms with Crippen LogP contribution >= 0.6 is 0 Å². The summed E-state index contributed by atoms with van der Waals surface area (Å²) < 4.78 is 0. The number of rotatable bonds is 2. The van der Waals surface area contributed by atoms with Crippen molar-refractivity contribution >= 4 is 11.6 Å². The number of nitrogens with zero attached hydrogens (tertiary/aromatic N) is 4. The number of carbonyl (C=O) groups is 1. The van der Waals surface area contributed by atoms with Crippen LogP contribution < -0.4 is 0 Å². The molecule has 6 nitrogen and oxygen atoms in total. The SMILES string of the molecule is CCC[C@@H]1[C@H]2CN(C(C)=O)CC=C2[C@H](C#N)C(=N)C1(C#N)C#N. The minimum absolute atomic E-state index is 0.0655. The molecule has 2 rings (SSSR count). The van der Waals surface area contributed by atoms with Gasteiger partial charge >= 0.3 is 0 Å². The molecule has 1 saturated carbocycles. The molecule has 1 aliphatic carbocycles. The Hall–Kier alpha value is -2.65. The number of fused-ring (bicyclic) bond motifs is 1. The van der Waals surface area contributed by atoms with Crippen LogP contribution in [-0.2, 0) is 4.79 Å². The molecule has 1 N–H and O–H groups in total. The Morgan fingerprint density at radius 2 is 2.09 bits per heavy atom. The van der Waals surface area contributed by atoms with E-state index in [0.29, 0.717) is 19.5 Å². The Morgan fingerprint density at radius 3 is 2.57 bits per heavy atom. The first kappa shape index (κ1) is 16.7. The zero-order valence-corrected chi connectivity index (χ0v) is 13.3. The molecule has 0 radical (unpaired) electrons. The Kier molecular flexibility index (Phi) is 4.52. The van der Waals surface area contributed by atoms with Crippen molar-refractivity contribution in [1.29, 1.82) is 21.2 Å². The number of amides is 1. The molecule has 0 unspecified atom stereocenters. The maximum absolute atomic E-state index is 11.7. The fourth-order valence-electron chi connectivity index (χ4n) is 3.81. The number of nitriles is 3. The van der Waals surface area contributed by atoms with Gasteiger partial charge in [-0.05, 0) is 12.0 Å². The lowest BCUT2D eigenvalue weighted by Crippen LogP contribution is -2.54. The molecule has 1 fully saturated rings. The normalized spacial score (nSPS) is 28.7. The van der Waals surface area contributed by atoms with E-state index in [2.05, 4.69) is 6.07 Å². The molecule has 0 saturated heterocycles. The zero-order valence-electron chi connectivity index (χ0n) is 13.3. The first-order valence-electron chi connectivity index (χ1n) is 7.73. The molecular weight excluding hydrogens is 290 g/mol. The van der Waals surface area contributed by atoms with Gasteiger partial charge in [0.2, 0.25) is 5.91 Å². The van der Waals surface area contributed by atoms with Gasteiger partial charge in [0.1, 0.15) is 5.92 Å². The van der Waals surface area contributed by atoms with Crippen LogP contribution in [0.5, 0.6) is 0 Å². The van der Waals surface area contributed by atoms with E-state index in [0.717, 1.165) is 12.0 Å². The molecule has 3 atom stereocenters. The summed E-state index contributed by atoms with van der Waals surface area (Å²) in [6, 6.07) is 6.14. The van der Waals surface area contributed by atoms with Gasteiger partial charge in [0.25, 0.3) is 0 Å². The lowest BCUT2D eigenvalue weighted by atomic mass is 9.55. The summed E-state index contributed by atoms with van der Waals surface area (Å²) in [5, 5.41) is 37.1. The average Bonchev–Trinajstić information content (AvgIpc) is 2.56. The van der Waals surface area contributed by atoms with Crippen molar-refractivity contribution in [2.75, 3.05) is 13.1 Å². The number of hydrogen-bond acceptors (Lipinski definition) is 5. The van der Waals surface area contributed by atoms with E-state index in [-0.39, 0.29) is 23.5 Å². The number of hydrogen-bond donors (Lipinski definition) is 1. The van der Waals surface area contributed by atoms with E-state index in [1.165, 1.54) is 6.92 Å². The van der Waals surface area contributed by atoms with Gasteiger partial charge in [-0.15, -0.1) is 0 Å². The van der Waals surface area contributed by atoms with Crippen LogP contribution in [0.25, 0.3) is 0 Å². The predicted octanol–water partition coefficient (Wildman–Crippen LogP) is 2.01. The summed E-state index contributed by atoms with van der Waals surface area (Å²) in [6.07, 6.45) is 3.21. The van der Waals surface area contributed by atoms with Crippen molar-refractivity contribution in [2.45, 2.75) is 26.7 Å². The van der Waals surface area contributed by atoms with Gasteiger partial charge in [0, 0.05) is 31.8 Å². The van der Waals surface area contributed by atoms with Crippen LogP contribution in [0.1, 0.15) is 26.7 Å². The lowest BCUT2D eigenvalue weighted by molar-refractivity contribution is -0.129. The molecule has 23 heavy (non-hydrogen) atoms. The second kappa shape index (κ2) is 6.23. The maximum atomic E-state index is 11.7. The van der Waals surface area contributed by atoms with Gasteiger partial charge in [0.05, 0.1) is 23.9 Å². The standard InChI is InChI=1S/C17H19N5O/c1-3-4-15-14-8-22(11(2)23)6-5-12(14)13(7-18)16(21)17(15,9-19)10-20/h5,13-15,21H,3-4,6,8H2,1-2H3/t13-,14-,15+/m0/s1. The van der Waals surface area contributed by atoms with Gasteiger partial charge < -0.3 is 10.3 Å². The van der Waals surface area contributed by atoms with E-state index < -0.39 is 11.3 Å². The molecule has 2 aliphatic rings. The minimum atomic E-state index is -1.59. The quantitative estimate of drug-likeness (QED) is 0.785. The molecule has 0 aromatic rings. The Labute approximate surface area is 136 Å². The monoisotopic (exact) mass is 309 g/mol. The third kappa shape index (κ3) is 2.39. The molecule has 0 bridgehead atoms. The Morgan fingerprint density at radius 1 is 1.43 bits per heavy atom. The lowest BCUT2D eigenvalue weighted by Gasteiger charge is -2.47. The van der Waals surface area contributed by atoms with Crippen molar-refractivity contribution in [1.82, 2.24) is 4.90 Å². The first-order chi connectivity index (χ1) is 11.0. The predicted molar refractivity (Wildman–Crippen MR) is 82.7 cm³/mol. The summed E-state index contributed by atoms with van der Waals surface area (Å²) >= 11 is 0. The second-order valence-corrected chi connectivity index (χ2v) is 6.14. The Balaban J connectivity index is 2.60. The third-order valence-corrected chi connectivity index (χ3v) is 5.01. The first-order valence-corrected chi connectivity index (χ1v) is 7.73. The molecule has 0 aromatic heterocycles. The molecule has 1 amide bonds. The number of carbonyl (C=O) groups excluding carboxylic acids is 1. The summed E-state index contributed by atoms with van der Waals surface area (Å²) in [4.78, 5) is 13.4. The van der Waals surface area contributed by atoms with Gasteiger partial charge in [-0.1, -0.05) is 19.4 Å². The van der Waals surface area contributed by atoms with Crippen molar-refractivity contribution in [3.63, 3.8) is 0 Å². The van der Waals surface area contributed by atoms with Gasteiger partial charge in [-0.2, -0.15) is 15.8 Å². The molecule has 0 spiro atoms. The molecule has 1 aliphatic heterocycles. The van der Waals surface area contributed by atoms with Crippen LogP contribution in [0.15, 0.2) is 11.6 Å². The highest BCUT2D eigenvalue weighted by molar-refractivity contribution is 6.00. The van der Waals surface area contributed by atoms with Crippen LogP contribution in [0.4, 0.5) is 0 Å². The fourth-order valence-corrected chi connectivity index (χ4v) is 3.81. The highest BCUT2D eigenvalue weighted by Gasteiger charge is 2.56. The van der Waals surface area contributed by atoms with Gasteiger partial charge in [-0.3, -0.25) is 4.79 Å². The smallest absolute Gasteiger partial charge is 0.219 e. The third-order valence-electron chi connectivity index (χ3n) is 5.01. The molecule has 118 valence electrons. The Bertz CT molecular complexity index is 673. The van der Waals surface area contributed by atoms with Crippen molar-refractivity contribution < 1.29 is 4.79 Å². The minimum Gasteiger partial charge on any atom is -0.339 e.